The molecule has 0 aliphatic carbocycles. The molecular formula is C12H12FN3O2S. The predicted molar refractivity (Wildman–Crippen MR) is 70.6 cm³/mol. The first-order chi connectivity index (χ1) is 8.91. The van der Waals surface area contributed by atoms with Gasteiger partial charge in [-0.05, 0) is 24.3 Å². The molecule has 0 unspecified atom stereocenters. The minimum absolute atomic E-state index is 0.211. The highest BCUT2D eigenvalue weighted by Gasteiger charge is 2.22. The minimum Gasteiger partial charge on any atom is -0.399 e. The van der Waals surface area contributed by atoms with E-state index in [0.29, 0.717) is 11.4 Å². The van der Waals surface area contributed by atoms with Crippen molar-refractivity contribution >= 4 is 21.4 Å². The summed E-state index contributed by atoms with van der Waals surface area (Å²) >= 11 is 0. The first-order valence-corrected chi connectivity index (χ1v) is 6.80. The van der Waals surface area contributed by atoms with E-state index in [9.17, 15) is 12.8 Å². The molecule has 7 heteroatoms. The molecule has 0 radical (unpaired) electrons. The number of benzene rings is 1. The number of anilines is 2. The van der Waals surface area contributed by atoms with Gasteiger partial charge in [-0.25, -0.2) is 12.8 Å². The molecule has 1 aromatic heterocycles. The normalized spacial score (nSPS) is 11.3. The van der Waals surface area contributed by atoms with E-state index < -0.39 is 15.8 Å². The summed E-state index contributed by atoms with van der Waals surface area (Å²) in [7, 11) is -2.49. The molecule has 100 valence electrons. The summed E-state index contributed by atoms with van der Waals surface area (Å²) in [4.78, 5) is 3.33. The molecule has 1 heterocycles. The summed E-state index contributed by atoms with van der Waals surface area (Å²) in [6, 6.07) is 7.32. The molecule has 0 spiro atoms. The Kier molecular flexibility index (Phi) is 3.39. The second-order valence-corrected chi connectivity index (χ2v) is 5.88. The van der Waals surface area contributed by atoms with Gasteiger partial charge in [0.1, 0.15) is 10.7 Å². The summed E-state index contributed by atoms with van der Waals surface area (Å²) < 4.78 is 38.6. The lowest BCUT2D eigenvalue weighted by molar-refractivity contribution is 0.587. The zero-order valence-electron chi connectivity index (χ0n) is 10.1. The number of nitrogens with two attached hydrogens (primary N) is 1. The van der Waals surface area contributed by atoms with Crippen molar-refractivity contribution in [3.63, 3.8) is 0 Å². The molecule has 0 atom stereocenters. The molecule has 2 N–H and O–H groups in total. The van der Waals surface area contributed by atoms with E-state index in [1.807, 2.05) is 0 Å². The van der Waals surface area contributed by atoms with E-state index in [-0.39, 0.29) is 4.90 Å². The molecule has 2 aromatic rings. The van der Waals surface area contributed by atoms with E-state index in [2.05, 4.69) is 4.98 Å². The average molecular weight is 281 g/mol. The van der Waals surface area contributed by atoms with Gasteiger partial charge in [0.15, 0.2) is 0 Å². The fourth-order valence-electron chi connectivity index (χ4n) is 1.55. The van der Waals surface area contributed by atoms with Crippen molar-refractivity contribution in [3.05, 3.63) is 48.5 Å². The lowest BCUT2D eigenvalue weighted by Crippen LogP contribution is -2.26. The van der Waals surface area contributed by atoms with Crippen LogP contribution < -0.4 is 10.0 Å². The van der Waals surface area contributed by atoms with Crippen LogP contribution in [0.3, 0.4) is 0 Å². The summed E-state index contributed by atoms with van der Waals surface area (Å²) in [5.74, 6) is -0.706. The number of hydrogen-bond donors (Lipinski definition) is 1. The molecule has 0 fully saturated rings. The average Bonchev–Trinajstić information content (AvgIpc) is 2.38. The SMILES string of the molecule is CN(c1cccc(N)c1)S(=O)(=O)c1cncc(F)c1. The van der Waals surface area contributed by atoms with Gasteiger partial charge >= 0.3 is 0 Å². The van der Waals surface area contributed by atoms with E-state index in [4.69, 9.17) is 5.73 Å². The van der Waals surface area contributed by atoms with Gasteiger partial charge in [0.2, 0.25) is 0 Å². The van der Waals surface area contributed by atoms with Crippen molar-refractivity contribution in [2.75, 3.05) is 17.1 Å². The lowest BCUT2D eigenvalue weighted by Gasteiger charge is -2.19. The second kappa shape index (κ2) is 4.85. The Morgan fingerprint density at radius 1 is 1.26 bits per heavy atom. The van der Waals surface area contributed by atoms with Crippen LogP contribution in [-0.2, 0) is 10.0 Å². The van der Waals surface area contributed by atoms with Crippen molar-refractivity contribution in [3.8, 4) is 0 Å². The molecule has 0 bridgehead atoms. The smallest absolute Gasteiger partial charge is 0.265 e. The number of sulfonamides is 1. The molecule has 0 saturated carbocycles. The largest absolute Gasteiger partial charge is 0.399 e. The van der Waals surface area contributed by atoms with Gasteiger partial charge < -0.3 is 5.73 Å². The zero-order valence-corrected chi connectivity index (χ0v) is 10.9. The van der Waals surface area contributed by atoms with Crippen molar-refractivity contribution in [2.45, 2.75) is 4.90 Å². The topological polar surface area (TPSA) is 76.3 Å². The maximum absolute atomic E-state index is 13.1. The predicted octanol–water partition coefficient (Wildman–Crippen LogP) is 1.63. The van der Waals surface area contributed by atoms with Gasteiger partial charge in [-0.15, -0.1) is 0 Å². The van der Waals surface area contributed by atoms with Crippen molar-refractivity contribution in [1.29, 1.82) is 0 Å². The monoisotopic (exact) mass is 281 g/mol. The van der Waals surface area contributed by atoms with Gasteiger partial charge in [0, 0.05) is 18.9 Å². The number of aromatic nitrogens is 1. The van der Waals surface area contributed by atoms with Gasteiger partial charge in [0.25, 0.3) is 10.0 Å². The molecule has 0 aliphatic heterocycles. The molecular weight excluding hydrogens is 269 g/mol. The van der Waals surface area contributed by atoms with Crippen molar-refractivity contribution in [1.82, 2.24) is 4.98 Å². The molecule has 0 aliphatic rings. The highest BCUT2D eigenvalue weighted by molar-refractivity contribution is 7.92. The van der Waals surface area contributed by atoms with E-state index in [1.165, 1.54) is 13.1 Å². The van der Waals surface area contributed by atoms with Crippen LogP contribution in [0.25, 0.3) is 0 Å². The van der Waals surface area contributed by atoms with Crippen LogP contribution in [0.5, 0.6) is 0 Å². The first-order valence-electron chi connectivity index (χ1n) is 5.36. The fourth-order valence-corrected chi connectivity index (χ4v) is 2.71. The Labute approximate surface area is 110 Å². The Bertz CT molecular complexity index is 704. The third kappa shape index (κ3) is 2.65. The maximum Gasteiger partial charge on any atom is 0.265 e. The quantitative estimate of drug-likeness (QED) is 0.867. The summed E-state index contributed by atoms with van der Waals surface area (Å²) in [5, 5.41) is 0. The maximum atomic E-state index is 13.1. The third-order valence-corrected chi connectivity index (χ3v) is 4.32. The van der Waals surface area contributed by atoms with Gasteiger partial charge in [-0.2, -0.15) is 0 Å². The number of nitrogen functional groups attached to an aromatic ring is 1. The summed E-state index contributed by atoms with van der Waals surface area (Å²) in [6.07, 6.45) is 2.04. The Morgan fingerprint density at radius 3 is 2.63 bits per heavy atom. The molecule has 5 nitrogen and oxygen atoms in total. The number of halogens is 1. The van der Waals surface area contributed by atoms with Gasteiger partial charge in [0.05, 0.1) is 11.9 Å². The van der Waals surface area contributed by atoms with Crippen molar-refractivity contribution < 1.29 is 12.8 Å². The van der Waals surface area contributed by atoms with Crippen LogP contribution in [0.15, 0.2) is 47.6 Å². The van der Waals surface area contributed by atoms with Crippen LogP contribution in [-0.4, -0.2) is 20.4 Å². The Morgan fingerprint density at radius 2 is 2.00 bits per heavy atom. The Balaban J connectivity index is 2.45. The number of rotatable bonds is 3. The molecule has 0 saturated heterocycles. The number of nitrogens with zero attached hydrogens (tertiary/aromatic N) is 2. The minimum atomic E-state index is -3.86. The highest BCUT2D eigenvalue weighted by Crippen LogP contribution is 2.23. The lowest BCUT2D eigenvalue weighted by atomic mass is 10.3. The first kappa shape index (κ1) is 13.3. The number of pyridine rings is 1. The third-order valence-electron chi connectivity index (χ3n) is 2.57. The fraction of sp³-hybridized carbons (Fsp3) is 0.0833. The standard InChI is InChI=1S/C12H12FN3O2S/c1-16(11-4-2-3-10(14)6-11)19(17,18)12-5-9(13)7-15-8-12/h2-8H,14H2,1H3. The Hall–Kier alpha value is -2.15. The van der Waals surface area contributed by atoms with Crippen LogP contribution in [0, 0.1) is 5.82 Å². The van der Waals surface area contributed by atoms with Crippen LogP contribution in [0.1, 0.15) is 0 Å². The van der Waals surface area contributed by atoms with E-state index >= 15 is 0 Å². The zero-order chi connectivity index (χ0) is 14.0. The van der Waals surface area contributed by atoms with Crippen LogP contribution >= 0.6 is 0 Å². The highest BCUT2D eigenvalue weighted by atomic mass is 32.2. The summed E-state index contributed by atoms with van der Waals surface area (Å²) in [6.45, 7) is 0. The van der Waals surface area contributed by atoms with Crippen LogP contribution in [0.4, 0.5) is 15.8 Å². The number of hydrogen-bond acceptors (Lipinski definition) is 4. The molecule has 2 rings (SSSR count). The van der Waals surface area contributed by atoms with Crippen molar-refractivity contribution in [2.24, 2.45) is 0 Å². The molecule has 0 amide bonds. The van der Waals surface area contributed by atoms with Gasteiger partial charge in [-0.1, -0.05) is 6.07 Å². The van der Waals surface area contributed by atoms with Crippen LogP contribution in [0.2, 0.25) is 0 Å². The second-order valence-electron chi connectivity index (χ2n) is 3.91. The molecule has 1 aromatic carbocycles. The molecule has 19 heavy (non-hydrogen) atoms. The van der Waals surface area contributed by atoms with E-state index in [0.717, 1.165) is 22.8 Å². The van der Waals surface area contributed by atoms with Gasteiger partial charge in [-0.3, -0.25) is 9.29 Å². The summed E-state index contributed by atoms with van der Waals surface area (Å²) in [5.41, 5.74) is 6.44. The van der Waals surface area contributed by atoms with E-state index in [1.54, 1.807) is 18.2 Å².